The van der Waals surface area contributed by atoms with Crippen LogP contribution in [-0.4, -0.2) is 30.9 Å². The van der Waals surface area contributed by atoms with Crippen LogP contribution in [0.5, 0.6) is 0 Å². The lowest BCUT2D eigenvalue weighted by atomic mass is 9.92. The number of carbonyl (C=O) groups excluding carboxylic acids is 1. The first-order valence-corrected chi connectivity index (χ1v) is 5.64. The van der Waals surface area contributed by atoms with Gasteiger partial charge in [0, 0.05) is 20.1 Å². The Balaban J connectivity index is 4.42. The van der Waals surface area contributed by atoms with E-state index in [-0.39, 0.29) is 17.2 Å². The highest BCUT2D eigenvalue weighted by molar-refractivity contribution is 5.79. The van der Waals surface area contributed by atoms with Crippen LogP contribution >= 0.6 is 0 Å². The largest absolute Gasteiger partial charge is 0.345 e. The van der Waals surface area contributed by atoms with Gasteiger partial charge in [-0.15, -0.1) is 0 Å². The Bertz CT molecular complexity index is 206. The molecule has 0 aromatic heterocycles. The Kier molecular flexibility index (Phi) is 5.29. The van der Waals surface area contributed by atoms with Crippen molar-refractivity contribution in [2.45, 2.75) is 34.6 Å². The summed E-state index contributed by atoms with van der Waals surface area (Å²) in [5, 5.41) is 0. The smallest absolute Gasteiger partial charge is 0.226 e. The van der Waals surface area contributed by atoms with Crippen LogP contribution in [-0.2, 0) is 4.79 Å². The van der Waals surface area contributed by atoms with E-state index in [1.165, 1.54) is 0 Å². The van der Waals surface area contributed by atoms with Crippen LogP contribution in [0, 0.1) is 17.3 Å². The predicted octanol–water partition coefficient (Wildman–Crippen LogP) is 1.72. The number of rotatable bonds is 4. The molecule has 1 unspecified atom stereocenters. The van der Waals surface area contributed by atoms with E-state index in [4.69, 9.17) is 5.73 Å². The lowest BCUT2D eigenvalue weighted by molar-refractivity contribution is -0.136. The summed E-state index contributed by atoms with van der Waals surface area (Å²) in [7, 11) is 1.86. The third kappa shape index (κ3) is 5.17. The molecule has 0 aliphatic heterocycles. The SMILES string of the molecule is CC(C)C(CN)C(=O)N(C)CC(C)(C)C. The molecule has 0 aromatic carbocycles. The highest BCUT2D eigenvalue weighted by Gasteiger charge is 2.26. The monoisotopic (exact) mass is 214 g/mol. The second-order valence-electron chi connectivity index (χ2n) is 5.84. The van der Waals surface area contributed by atoms with E-state index in [2.05, 4.69) is 20.8 Å². The molecule has 0 spiro atoms. The van der Waals surface area contributed by atoms with Gasteiger partial charge in [0.1, 0.15) is 0 Å². The van der Waals surface area contributed by atoms with Crippen molar-refractivity contribution >= 4 is 5.91 Å². The van der Waals surface area contributed by atoms with Crippen molar-refractivity contribution < 1.29 is 4.79 Å². The zero-order chi connectivity index (χ0) is 12.2. The van der Waals surface area contributed by atoms with Gasteiger partial charge in [0.2, 0.25) is 5.91 Å². The maximum atomic E-state index is 12.0. The first-order valence-electron chi connectivity index (χ1n) is 5.64. The first kappa shape index (κ1) is 14.4. The van der Waals surface area contributed by atoms with Crippen molar-refractivity contribution in [2.75, 3.05) is 20.1 Å². The minimum absolute atomic E-state index is 0.0441. The van der Waals surface area contributed by atoms with Crippen LogP contribution in [0.3, 0.4) is 0 Å². The molecular weight excluding hydrogens is 188 g/mol. The van der Waals surface area contributed by atoms with Crippen LogP contribution in [0.25, 0.3) is 0 Å². The fourth-order valence-electron chi connectivity index (χ4n) is 1.73. The van der Waals surface area contributed by atoms with Gasteiger partial charge in [-0.1, -0.05) is 34.6 Å². The topological polar surface area (TPSA) is 46.3 Å². The van der Waals surface area contributed by atoms with Gasteiger partial charge >= 0.3 is 0 Å². The molecule has 15 heavy (non-hydrogen) atoms. The molecule has 0 heterocycles. The Labute approximate surface area is 94.0 Å². The van der Waals surface area contributed by atoms with Crippen molar-refractivity contribution in [3.8, 4) is 0 Å². The zero-order valence-corrected chi connectivity index (χ0v) is 11.0. The number of nitrogens with two attached hydrogens (primary N) is 1. The molecular formula is C12H26N2O. The van der Waals surface area contributed by atoms with Crippen molar-refractivity contribution in [2.24, 2.45) is 23.0 Å². The maximum Gasteiger partial charge on any atom is 0.226 e. The molecule has 0 radical (unpaired) electrons. The maximum absolute atomic E-state index is 12.0. The van der Waals surface area contributed by atoms with E-state index in [1.54, 1.807) is 4.90 Å². The van der Waals surface area contributed by atoms with Crippen molar-refractivity contribution in [1.29, 1.82) is 0 Å². The quantitative estimate of drug-likeness (QED) is 0.774. The summed E-state index contributed by atoms with van der Waals surface area (Å²) >= 11 is 0. The zero-order valence-electron chi connectivity index (χ0n) is 11.0. The molecule has 0 saturated carbocycles. The Morgan fingerprint density at radius 3 is 2.07 bits per heavy atom. The fraction of sp³-hybridized carbons (Fsp3) is 0.917. The number of nitrogens with zero attached hydrogens (tertiary/aromatic N) is 1. The molecule has 1 amide bonds. The minimum Gasteiger partial charge on any atom is -0.345 e. The van der Waals surface area contributed by atoms with Gasteiger partial charge in [0.25, 0.3) is 0 Å². The van der Waals surface area contributed by atoms with Gasteiger partial charge in [-0.05, 0) is 11.3 Å². The van der Waals surface area contributed by atoms with Crippen LogP contribution in [0.2, 0.25) is 0 Å². The summed E-state index contributed by atoms with van der Waals surface area (Å²) in [6, 6.07) is 0. The van der Waals surface area contributed by atoms with E-state index in [9.17, 15) is 4.79 Å². The summed E-state index contributed by atoms with van der Waals surface area (Å²) in [5.41, 5.74) is 5.77. The summed E-state index contributed by atoms with van der Waals surface area (Å²) < 4.78 is 0. The average Bonchev–Trinajstić information content (AvgIpc) is 2.01. The van der Waals surface area contributed by atoms with Crippen LogP contribution in [0.15, 0.2) is 0 Å². The number of amides is 1. The van der Waals surface area contributed by atoms with E-state index in [0.29, 0.717) is 12.5 Å². The van der Waals surface area contributed by atoms with Crippen LogP contribution in [0.4, 0.5) is 0 Å². The van der Waals surface area contributed by atoms with Crippen molar-refractivity contribution in [3.63, 3.8) is 0 Å². The molecule has 0 bridgehead atoms. The molecule has 0 fully saturated rings. The minimum atomic E-state index is -0.0441. The van der Waals surface area contributed by atoms with Crippen LogP contribution in [0.1, 0.15) is 34.6 Å². The van der Waals surface area contributed by atoms with Crippen LogP contribution < -0.4 is 5.73 Å². The van der Waals surface area contributed by atoms with Gasteiger partial charge in [-0.2, -0.15) is 0 Å². The summed E-state index contributed by atoms with van der Waals surface area (Å²) in [6.07, 6.45) is 0. The summed E-state index contributed by atoms with van der Waals surface area (Å²) in [5.74, 6) is 0.435. The molecule has 3 heteroatoms. The Hall–Kier alpha value is -0.570. The van der Waals surface area contributed by atoms with Crippen molar-refractivity contribution in [1.82, 2.24) is 4.90 Å². The molecule has 0 aliphatic rings. The van der Waals surface area contributed by atoms with E-state index >= 15 is 0 Å². The van der Waals surface area contributed by atoms with E-state index in [1.807, 2.05) is 20.9 Å². The molecule has 1 atom stereocenters. The molecule has 3 nitrogen and oxygen atoms in total. The van der Waals surface area contributed by atoms with Gasteiger partial charge in [0.05, 0.1) is 5.92 Å². The third-order valence-electron chi connectivity index (χ3n) is 2.46. The third-order valence-corrected chi connectivity index (χ3v) is 2.46. The molecule has 90 valence electrons. The normalized spacial score (nSPS) is 14.1. The van der Waals surface area contributed by atoms with Gasteiger partial charge in [-0.3, -0.25) is 4.79 Å². The number of carbonyl (C=O) groups is 1. The molecule has 0 saturated heterocycles. The standard InChI is InChI=1S/C12H26N2O/c1-9(2)10(7-13)11(15)14(6)8-12(3,4)5/h9-10H,7-8,13H2,1-6H3. The van der Waals surface area contributed by atoms with E-state index in [0.717, 1.165) is 6.54 Å². The van der Waals surface area contributed by atoms with Crippen molar-refractivity contribution in [3.05, 3.63) is 0 Å². The van der Waals surface area contributed by atoms with E-state index < -0.39 is 0 Å². The Morgan fingerprint density at radius 2 is 1.80 bits per heavy atom. The summed E-state index contributed by atoms with van der Waals surface area (Å²) in [6.45, 7) is 11.7. The van der Waals surface area contributed by atoms with Gasteiger partial charge < -0.3 is 10.6 Å². The highest BCUT2D eigenvalue weighted by Crippen LogP contribution is 2.18. The highest BCUT2D eigenvalue weighted by atomic mass is 16.2. The molecule has 0 rings (SSSR count). The fourth-order valence-corrected chi connectivity index (χ4v) is 1.73. The first-order chi connectivity index (χ1) is 6.69. The van der Waals surface area contributed by atoms with Gasteiger partial charge in [0.15, 0.2) is 0 Å². The lowest BCUT2D eigenvalue weighted by Gasteiger charge is -2.30. The second-order valence-corrected chi connectivity index (χ2v) is 5.84. The van der Waals surface area contributed by atoms with Gasteiger partial charge in [-0.25, -0.2) is 0 Å². The molecule has 0 aliphatic carbocycles. The average molecular weight is 214 g/mol. The lowest BCUT2D eigenvalue weighted by Crippen LogP contribution is -2.42. The summed E-state index contributed by atoms with van der Waals surface area (Å²) in [4.78, 5) is 13.8. The Morgan fingerprint density at radius 1 is 1.33 bits per heavy atom. The predicted molar refractivity (Wildman–Crippen MR) is 64.5 cm³/mol. The molecule has 2 N–H and O–H groups in total. The molecule has 0 aromatic rings. The number of hydrogen-bond donors (Lipinski definition) is 1. The second kappa shape index (κ2) is 5.50. The number of hydrogen-bond acceptors (Lipinski definition) is 2.